The zero-order valence-corrected chi connectivity index (χ0v) is 15.3. The zero-order valence-electron chi connectivity index (χ0n) is 15.3. The summed E-state index contributed by atoms with van der Waals surface area (Å²) in [5.41, 5.74) is 3.48. The first-order valence-electron chi connectivity index (χ1n) is 8.91. The Bertz CT molecular complexity index is 615. The fourth-order valence-electron chi connectivity index (χ4n) is 3.83. The summed E-state index contributed by atoms with van der Waals surface area (Å²) in [5.74, 6) is 0.946. The number of fused-ring (bicyclic) bond motifs is 1. The van der Waals surface area contributed by atoms with Crippen LogP contribution in [0.1, 0.15) is 42.0 Å². The second-order valence-corrected chi connectivity index (χ2v) is 7.35. The van der Waals surface area contributed by atoms with Gasteiger partial charge in [-0.1, -0.05) is 17.7 Å². The monoisotopic (exact) mass is 331 g/mol. The van der Waals surface area contributed by atoms with Gasteiger partial charge in [0.25, 0.3) is 0 Å². The number of hydrogen-bond acceptors (Lipinski definition) is 3. The number of carbonyl (C=O) groups excluding carboxylic acids is 1. The predicted molar refractivity (Wildman–Crippen MR) is 95.6 cm³/mol. The highest BCUT2D eigenvalue weighted by Crippen LogP contribution is 2.35. The Morgan fingerprint density at radius 3 is 2.83 bits per heavy atom. The number of nitrogens with zero attached hydrogens (tertiary/aromatic N) is 2. The van der Waals surface area contributed by atoms with E-state index in [1.807, 2.05) is 4.90 Å². The molecule has 132 valence electrons. The van der Waals surface area contributed by atoms with Crippen LogP contribution in [0, 0.1) is 13.8 Å². The van der Waals surface area contributed by atoms with Crippen LogP contribution in [0.2, 0.25) is 0 Å². The van der Waals surface area contributed by atoms with Crippen LogP contribution in [0.5, 0.6) is 5.75 Å². The smallest absolute Gasteiger partial charge is 0.317 e. The normalized spacial score (nSPS) is 23.6. The molecule has 1 aromatic carbocycles. The molecule has 3 rings (SSSR count). The largest absolute Gasteiger partial charge is 0.493 e. The number of likely N-dealkylation sites (tertiary alicyclic amines) is 1. The van der Waals surface area contributed by atoms with Crippen molar-refractivity contribution in [3.8, 4) is 5.75 Å². The SMILES string of the molecule is Cc1cc(C)c2c(c1)[C@@H](NC(=O)N1CCC[C@H](N(C)C)C1)CCO2. The molecule has 1 aromatic rings. The molecule has 2 aliphatic heterocycles. The summed E-state index contributed by atoms with van der Waals surface area (Å²) in [4.78, 5) is 17.0. The van der Waals surface area contributed by atoms with Crippen molar-refractivity contribution >= 4 is 6.03 Å². The average molecular weight is 331 g/mol. The number of aryl methyl sites for hydroxylation is 2. The molecule has 0 saturated carbocycles. The van der Waals surface area contributed by atoms with Gasteiger partial charge in [0.1, 0.15) is 5.75 Å². The van der Waals surface area contributed by atoms with Crippen LogP contribution in [-0.2, 0) is 0 Å². The summed E-state index contributed by atoms with van der Waals surface area (Å²) in [6, 6.07) is 4.83. The molecule has 1 N–H and O–H groups in total. The third-order valence-corrected chi connectivity index (χ3v) is 5.19. The fourth-order valence-corrected chi connectivity index (χ4v) is 3.83. The summed E-state index contributed by atoms with van der Waals surface area (Å²) in [6.45, 7) is 6.47. The number of nitrogens with one attached hydrogen (secondary N) is 1. The summed E-state index contributed by atoms with van der Waals surface area (Å²) in [6.07, 6.45) is 3.06. The van der Waals surface area contributed by atoms with Gasteiger partial charge < -0.3 is 19.9 Å². The van der Waals surface area contributed by atoms with E-state index in [0.717, 1.165) is 49.2 Å². The Morgan fingerprint density at radius 1 is 1.29 bits per heavy atom. The number of amides is 2. The lowest BCUT2D eigenvalue weighted by molar-refractivity contribution is 0.135. The van der Waals surface area contributed by atoms with E-state index in [4.69, 9.17) is 4.74 Å². The molecule has 1 fully saturated rings. The van der Waals surface area contributed by atoms with Crippen LogP contribution in [-0.4, -0.2) is 55.7 Å². The highest BCUT2D eigenvalue weighted by molar-refractivity contribution is 5.75. The first-order chi connectivity index (χ1) is 11.5. The molecule has 0 aromatic heterocycles. The third kappa shape index (κ3) is 3.51. The molecule has 24 heavy (non-hydrogen) atoms. The first-order valence-corrected chi connectivity index (χ1v) is 8.91. The van der Waals surface area contributed by atoms with Crippen molar-refractivity contribution in [2.75, 3.05) is 33.8 Å². The molecule has 0 unspecified atom stereocenters. The zero-order chi connectivity index (χ0) is 17.3. The predicted octanol–water partition coefficient (Wildman–Crippen LogP) is 2.86. The van der Waals surface area contributed by atoms with Gasteiger partial charge in [-0.3, -0.25) is 0 Å². The Labute approximate surface area is 145 Å². The van der Waals surface area contributed by atoms with Crippen molar-refractivity contribution in [2.24, 2.45) is 0 Å². The second kappa shape index (κ2) is 7.01. The van der Waals surface area contributed by atoms with Gasteiger partial charge >= 0.3 is 6.03 Å². The fraction of sp³-hybridized carbons (Fsp3) is 0.632. The summed E-state index contributed by atoms with van der Waals surface area (Å²) in [5, 5.41) is 3.25. The van der Waals surface area contributed by atoms with Crippen LogP contribution in [0.3, 0.4) is 0 Å². The molecular weight excluding hydrogens is 302 g/mol. The molecule has 2 aliphatic rings. The maximum atomic E-state index is 12.8. The molecule has 2 atom stereocenters. The van der Waals surface area contributed by atoms with Crippen molar-refractivity contribution in [1.29, 1.82) is 0 Å². The quantitative estimate of drug-likeness (QED) is 0.906. The van der Waals surface area contributed by atoms with Gasteiger partial charge in [-0.15, -0.1) is 0 Å². The topological polar surface area (TPSA) is 44.8 Å². The number of rotatable bonds is 2. The first kappa shape index (κ1) is 17.1. The molecule has 2 heterocycles. The van der Waals surface area contributed by atoms with Crippen LogP contribution >= 0.6 is 0 Å². The van der Waals surface area contributed by atoms with Gasteiger partial charge in [0.2, 0.25) is 0 Å². The number of likely N-dealkylation sites (N-methyl/N-ethyl adjacent to an activating group) is 1. The summed E-state index contributed by atoms with van der Waals surface area (Å²) >= 11 is 0. The highest BCUT2D eigenvalue weighted by atomic mass is 16.5. The minimum absolute atomic E-state index is 0.0413. The van der Waals surface area contributed by atoms with E-state index in [-0.39, 0.29) is 12.1 Å². The molecule has 0 bridgehead atoms. The van der Waals surface area contributed by atoms with Crippen LogP contribution < -0.4 is 10.1 Å². The summed E-state index contributed by atoms with van der Waals surface area (Å²) < 4.78 is 5.84. The maximum Gasteiger partial charge on any atom is 0.317 e. The number of ether oxygens (including phenoxy) is 1. The lowest BCUT2D eigenvalue weighted by atomic mass is 9.96. The van der Waals surface area contributed by atoms with Gasteiger partial charge in [0.05, 0.1) is 12.6 Å². The molecule has 1 saturated heterocycles. The van der Waals surface area contributed by atoms with Crippen molar-refractivity contribution in [2.45, 2.75) is 45.2 Å². The molecule has 2 amide bonds. The van der Waals surface area contributed by atoms with Crippen molar-refractivity contribution in [3.63, 3.8) is 0 Å². The second-order valence-electron chi connectivity index (χ2n) is 7.35. The average Bonchev–Trinajstić information content (AvgIpc) is 2.55. The van der Waals surface area contributed by atoms with Crippen molar-refractivity contribution in [1.82, 2.24) is 15.1 Å². The standard InChI is InChI=1S/C19H29N3O2/c1-13-10-14(2)18-16(11-13)17(7-9-24-18)20-19(23)22-8-5-6-15(12-22)21(3)4/h10-11,15,17H,5-9,12H2,1-4H3,(H,20,23)/t15-,17-/m0/s1. The minimum Gasteiger partial charge on any atom is -0.493 e. The highest BCUT2D eigenvalue weighted by Gasteiger charge is 2.29. The third-order valence-electron chi connectivity index (χ3n) is 5.19. The van der Waals surface area contributed by atoms with E-state index in [1.165, 1.54) is 5.56 Å². The van der Waals surface area contributed by atoms with E-state index in [1.54, 1.807) is 0 Å². The van der Waals surface area contributed by atoms with Crippen LogP contribution in [0.4, 0.5) is 4.79 Å². The van der Waals surface area contributed by atoms with E-state index in [9.17, 15) is 4.79 Å². The van der Waals surface area contributed by atoms with Crippen LogP contribution in [0.15, 0.2) is 12.1 Å². The molecule has 0 spiro atoms. The number of piperidine rings is 1. The van der Waals surface area contributed by atoms with Gasteiger partial charge in [-0.05, 0) is 46.3 Å². The van der Waals surface area contributed by atoms with E-state index in [2.05, 4.69) is 50.3 Å². The Kier molecular flexibility index (Phi) is 4.99. The minimum atomic E-state index is 0.0413. The number of carbonyl (C=O) groups is 1. The van der Waals surface area contributed by atoms with Crippen LogP contribution in [0.25, 0.3) is 0 Å². The molecule has 5 heteroatoms. The Hall–Kier alpha value is -1.75. The van der Waals surface area contributed by atoms with Gasteiger partial charge in [-0.2, -0.15) is 0 Å². The number of hydrogen-bond donors (Lipinski definition) is 1. The van der Waals surface area contributed by atoms with E-state index in [0.29, 0.717) is 12.6 Å². The maximum absolute atomic E-state index is 12.8. The number of urea groups is 1. The Morgan fingerprint density at radius 2 is 2.08 bits per heavy atom. The lowest BCUT2D eigenvalue weighted by Gasteiger charge is -2.37. The molecular formula is C19H29N3O2. The van der Waals surface area contributed by atoms with Crippen molar-refractivity contribution < 1.29 is 9.53 Å². The van der Waals surface area contributed by atoms with Gasteiger partial charge in [0, 0.05) is 31.1 Å². The molecule has 0 radical (unpaired) electrons. The molecule has 0 aliphatic carbocycles. The summed E-state index contributed by atoms with van der Waals surface area (Å²) in [7, 11) is 4.18. The molecule has 5 nitrogen and oxygen atoms in total. The number of benzene rings is 1. The van der Waals surface area contributed by atoms with E-state index < -0.39 is 0 Å². The van der Waals surface area contributed by atoms with Gasteiger partial charge in [0.15, 0.2) is 0 Å². The lowest BCUT2D eigenvalue weighted by Crippen LogP contribution is -2.51. The van der Waals surface area contributed by atoms with Gasteiger partial charge in [-0.25, -0.2) is 4.79 Å². The van der Waals surface area contributed by atoms with E-state index >= 15 is 0 Å². The Balaban J connectivity index is 1.72. The van der Waals surface area contributed by atoms with Crippen molar-refractivity contribution in [3.05, 3.63) is 28.8 Å².